The first-order valence-electron chi connectivity index (χ1n) is 6.90. The number of primary sulfonamides is 1. The van der Waals surface area contributed by atoms with Gasteiger partial charge in [0.15, 0.2) is 0 Å². The minimum absolute atomic E-state index is 0.156. The van der Waals surface area contributed by atoms with Gasteiger partial charge in [-0.15, -0.1) is 0 Å². The Hall–Kier alpha value is -0.760. The number of hydrogen-bond acceptors (Lipinski definition) is 5. The second kappa shape index (κ2) is 5.55. The third-order valence-corrected chi connectivity index (χ3v) is 5.85. The fraction of sp³-hybridized carbons (Fsp3) is 0.538. The van der Waals surface area contributed by atoms with Crippen LogP contribution in [-0.2, 0) is 10.0 Å². The molecule has 2 aliphatic rings. The molecule has 7 heteroatoms. The SMILES string of the molecule is NS(=O)(=O)c1ccc2c(c1)SNC(C1CCCCC1)N2. The quantitative estimate of drug-likeness (QED) is 0.729. The van der Waals surface area contributed by atoms with Crippen molar-refractivity contribution in [2.45, 2.75) is 48.1 Å². The van der Waals surface area contributed by atoms with E-state index in [4.69, 9.17) is 5.14 Å². The molecule has 20 heavy (non-hydrogen) atoms. The lowest BCUT2D eigenvalue weighted by atomic mass is 9.87. The molecule has 0 aromatic heterocycles. The normalized spacial score (nSPS) is 23.9. The van der Waals surface area contributed by atoms with Crippen LogP contribution in [0.25, 0.3) is 0 Å². The maximum absolute atomic E-state index is 11.4. The Balaban J connectivity index is 1.78. The highest BCUT2D eigenvalue weighted by atomic mass is 32.2. The summed E-state index contributed by atoms with van der Waals surface area (Å²) in [5.41, 5.74) is 0.983. The molecule has 5 nitrogen and oxygen atoms in total. The van der Waals surface area contributed by atoms with Gasteiger partial charge in [0.25, 0.3) is 0 Å². The molecular formula is C13H19N3O2S2. The van der Waals surface area contributed by atoms with Crippen LogP contribution in [0.2, 0.25) is 0 Å². The zero-order valence-corrected chi connectivity index (χ0v) is 12.8. The molecule has 0 bridgehead atoms. The van der Waals surface area contributed by atoms with Crippen molar-refractivity contribution in [3.63, 3.8) is 0 Å². The Morgan fingerprint density at radius 3 is 2.65 bits per heavy atom. The average molecular weight is 313 g/mol. The zero-order chi connectivity index (χ0) is 14.2. The highest BCUT2D eigenvalue weighted by Crippen LogP contribution is 2.36. The summed E-state index contributed by atoms with van der Waals surface area (Å²) >= 11 is 1.49. The highest BCUT2D eigenvalue weighted by molar-refractivity contribution is 7.97. The van der Waals surface area contributed by atoms with Crippen LogP contribution in [0.5, 0.6) is 0 Å². The molecule has 3 rings (SSSR count). The molecular weight excluding hydrogens is 294 g/mol. The predicted molar refractivity (Wildman–Crippen MR) is 80.8 cm³/mol. The van der Waals surface area contributed by atoms with E-state index in [0.717, 1.165) is 10.6 Å². The summed E-state index contributed by atoms with van der Waals surface area (Å²) in [4.78, 5) is 1.03. The van der Waals surface area contributed by atoms with E-state index in [1.807, 2.05) is 0 Å². The van der Waals surface area contributed by atoms with E-state index in [2.05, 4.69) is 10.0 Å². The summed E-state index contributed by atoms with van der Waals surface area (Å²) in [7, 11) is -3.64. The average Bonchev–Trinajstić information content (AvgIpc) is 2.46. The van der Waals surface area contributed by atoms with Crippen molar-refractivity contribution in [2.75, 3.05) is 5.32 Å². The van der Waals surface area contributed by atoms with Gasteiger partial charge in [-0.25, -0.2) is 18.3 Å². The number of nitrogens with two attached hydrogens (primary N) is 1. The van der Waals surface area contributed by atoms with Crippen molar-refractivity contribution in [1.82, 2.24) is 4.72 Å². The lowest BCUT2D eigenvalue weighted by Crippen LogP contribution is -2.42. The molecule has 0 radical (unpaired) electrons. The van der Waals surface area contributed by atoms with Crippen molar-refractivity contribution in [2.24, 2.45) is 11.1 Å². The summed E-state index contributed by atoms with van der Waals surface area (Å²) < 4.78 is 26.1. The lowest BCUT2D eigenvalue weighted by Gasteiger charge is -2.35. The summed E-state index contributed by atoms with van der Waals surface area (Å²) in [5, 5.41) is 8.63. The van der Waals surface area contributed by atoms with Gasteiger partial charge in [-0.05, 0) is 48.9 Å². The second-order valence-electron chi connectivity index (χ2n) is 5.44. The molecule has 0 saturated heterocycles. The standard InChI is InChI=1S/C13H19N3O2S2/c14-20(17,18)10-6-7-11-12(8-10)19-16-13(15-11)9-4-2-1-3-5-9/h6-9,13,15-16H,1-5H2,(H2,14,17,18). The van der Waals surface area contributed by atoms with Gasteiger partial charge in [0, 0.05) is 4.90 Å². The van der Waals surface area contributed by atoms with Gasteiger partial charge in [-0.1, -0.05) is 19.3 Å². The maximum Gasteiger partial charge on any atom is 0.238 e. The van der Waals surface area contributed by atoms with E-state index < -0.39 is 10.0 Å². The molecule has 1 heterocycles. The van der Waals surface area contributed by atoms with Crippen LogP contribution in [0.15, 0.2) is 28.0 Å². The molecule has 1 saturated carbocycles. The molecule has 0 spiro atoms. The Morgan fingerprint density at radius 1 is 1.20 bits per heavy atom. The first-order chi connectivity index (χ1) is 9.54. The van der Waals surface area contributed by atoms with Gasteiger partial charge < -0.3 is 5.32 Å². The highest BCUT2D eigenvalue weighted by Gasteiger charge is 2.27. The van der Waals surface area contributed by atoms with Gasteiger partial charge in [-0.2, -0.15) is 0 Å². The van der Waals surface area contributed by atoms with Gasteiger partial charge in [0.05, 0.1) is 16.7 Å². The Labute approximate surface area is 123 Å². The molecule has 1 fully saturated rings. The number of nitrogens with one attached hydrogen (secondary N) is 2. The summed E-state index contributed by atoms with van der Waals surface area (Å²) in [6.45, 7) is 0. The van der Waals surface area contributed by atoms with E-state index >= 15 is 0 Å². The number of fused-ring (bicyclic) bond motifs is 1. The van der Waals surface area contributed by atoms with Gasteiger partial charge in [0.2, 0.25) is 10.0 Å². The van der Waals surface area contributed by atoms with Crippen LogP contribution in [0.1, 0.15) is 32.1 Å². The Kier molecular flexibility index (Phi) is 3.94. The summed E-state index contributed by atoms with van der Waals surface area (Å²) in [6, 6.07) is 4.98. The molecule has 1 atom stereocenters. The van der Waals surface area contributed by atoms with Crippen molar-refractivity contribution in [3.8, 4) is 0 Å². The molecule has 1 aromatic rings. The molecule has 1 unspecified atom stereocenters. The van der Waals surface area contributed by atoms with E-state index in [1.165, 1.54) is 44.1 Å². The predicted octanol–water partition coefficient (Wildman–Crippen LogP) is 2.26. The topological polar surface area (TPSA) is 84.2 Å². The van der Waals surface area contributed by atoms with Gasteiger partial charge >= 0.3 is 0 Å². The van der Waals surface area contributed by atoms with Crippen LogP contribution in [-0.4, -0.2) is 14.6 Å². The largest absolute Gasteiger partial charge is 0.368 e. The van der Waals surface area contributed by atoms with Crippen molar-refractivity contribution >= 4 is 27.7 Å². The van der Waals surface area contributed by atoms with E-state index in [1.54, 1.807) is 18.2 Å². The van der Waals surface area contributed by atoms with E-state index in [-0.39, 0.29) is 11.1 Å². The summed E-state index contributed by atoms with van der Waals surface area (Å²) in [5.74, 6) is 0.641. The first-order valence-corrected chi connectivity index (χ1v) is 9.26. The molecule has 1 aromatic carbocycles. The molecule has 0 amide bonds. The van der Waals surface area contributed by atoms with Gasteiger partial charge in [-0.3, -0.25) is 0 Å². The molecule has 4 N–H and O–H groups in total. The van der Waals surface area contributed by atoms with Crippen molar-refractivity contribution in [1.29, 1.82) is 0 Å². The van der Waals surface area contributed by atoms with Crippen molar-refractivity contribution < 1.29 is 8.42 Å². The third kappa shape index (κ3) is 2.95. The van der Waals surface area contributed by atoms with Crippen molar-refractivity contribution in [3.05, 3.63) is 18.2 Å². The molecule has 1 aliphatic heterocycles. The lowest BCUT2D eigenvalue weighted by molar-refractivity contribution is 0.310. The monoisotopic (exact) mass is 313 g/mol. The van der Waals surface area contributed by atoms with E-state index in [9.17, 15) is 8.42 Å². The van der Waals surface area contributed by atoms with Gasteiger partial charge in [0.1, 0.15) is 0 Å². The molecule has 110 valence electrons. The number of sulfonamides is 1. The number of hydrogen-bond donors (Lipinski definition) is 3. The maximum atomic E-state index is 11.4. The second-order valence-corrected chi connectivity index (χ2v) is 7.88. The van der Waals surface area contributed by atoms with Crippen LogP contribution in [0.4, 0.5) is 5.69 Å². The van der Waals surface area contributed by atoms with Crippen LogP contribution < -0.4 is 15.2 Å². The Bertz CT molecular complexity index is 598. The van der Waals surface area contributed by atoms with Crippen LogP contribution >= 0.6 is 11.9 Å². The first kappa shape index (κ1) is 14.2. The summed E-state index contributed by atoms with van der Waals surface area (Å²) in [6.07, 6.45) is 6.68. The number of rotatable bonds is 2. The smallest absolute Gasteiger partial charge is 0.238 e. The Morgan fingerprint density at radius 2 is 1.95 bits per heavy atom. The fourth-order valence-electron chi connectivity index (χ4n) is 2.89. The molecule has 1 aliphatic carbocycles. The van der Waals surface area contributed by atoms with E-state index in [0.29, 0.717) is 5.92 Å². The third-order valence-electron chi connectivity index (χ3n) is 4.01. The minimum Gasteiger partial charge on any atom is -0.368 e. The number of benzene rings is 1. The fourth-order valence-corrected chi connectivity index (χ4v) is 4.43. The van der Waals surface area contributed by atoms with Crippen LogP contribution in [0.3, 0.4) is 0 Å². The zero-order valence-electron chi connectivity index (χ0n) is 11.1. The minimum atomic E-state index is -3.64. The number of anilines is 1. The van der Waals surface area contributed by atoms with Crippen LogP contribution in [0, 0.1) is 5.92 Å².